The molecule has 0 aliphatic carbocycles. The molecule has 0 unspecified atom stereocenters. The van der Waals surface area contributed by atoms with Crippen molar-refractivity contribution in [3.8, 4) is 0 Å². The molecule has 0 bridgehead atoms. The molecule has 0 spiro atoms. The Morgan fingerprint density at radius 1 is 0.500 bits per heavy atom. The molecular formula is CoMn2O3. The van der Waals surface area contributed by atoms with Crippen LogP contribution < -0.4 is 0 Å². The van der Waals surface area contributed by atoms with E-state index in [1.807, 2.05) is 0 Å². The zero-order valence-corrected chi connectivity index (χ0v) is 5.72. The van der Waals surface area contributed by atoms with Crippen LogP contribution in [0.25, 0.3) is 0 Å². The van der Waals surface area contributed by atoms with E-state index in [2.05, 4.69) is 0 Å². The summed E-state index contributed by atoms with van der Waals surface area (Å²) in [6.07, 6.45) is 0. The van der Waals surface area contributed by atoms with Crippen LogP contribution >= 0.6 is 0 Å². The van der Waals surface area contributed by atoms with Gasteiger partial charge in [-0.3, -0.25) is 0 Å². The number of rotatable bonds is 0. The fourth-order valence-corrected chi connectivity index (χ4v) is 0. The maximum atomic E-state index is 0. The van der Waals surface area contributed by atoms with Gasteiger partial charge in [0.2, 0.25) is 0 Å². The smallest absolute Gasteiger partial charge is 2.00 e. The molecule has 0 heterocycles. The van der Waals surface area contributed by atoms with Crippen molar-refractivity contribution in [1.29, 1.82) is 0 Å². The van der Waals surface area contributed by atoms with Gasteiger partial charge in [-0.1, -0.05) is 0 Å². The molecule has 0 aromatic rings. The van der Waals surface area contributed by atoms with E-state index in [0.29, 0.717) is 0 Å². The van der Waals surface area contributed by atoms with E-state index >= 15 is 0 Å². The minimum absolute atomic E-state index is 0. The summed E-state index contributed by atoms with van der Waals surface area (Å²) in [5.41, 5.74) is 0. The predicted octanol–water partition coefficient (Wildman–Crippen LogP) is -0.364. The molecule has 0 aromatic heterocycles. The molecule has 3 nitrogen and oxygen atoms in total. The summed E-state index contributed by atoms with van der Waals surface area (Å²) in [4.78, 5) is 0. The molecule has 0 atom stereocenters. The van der Waals surface area contributed by atoms with Crippen molar-refractivity contribution in [1.82, 2.24) is 0 Å². The molecule has 0 aliphatic rings. The first-order valence-electron chi connectivity index (χ1n) is 0. The molecule has 0 amide bonds. The van der Waals surface area contributed by atoms with Gasteiger partial charge >= 0.3 is 50.9 Å². The van der Waals surface area contributed by atoms with Crippen LogP contribution in [0.1, 0.15) is 0 Å². The molecule has 0 fully saturated rings. The van der Waals surface area contributed by atoms with Gasteiger partial charge in [-0.25, -0.2) is 0 Å². The predicted molar refractivity (Wildman–Crippen MR) is 2.06 cm³/mol. The summed E-state index contributed by atoms with van der Waals surface area (Å²) < 4.78 is 0. The van der Waals surface area contributed by atoms with E-state index in [0.717, 1.165) is 0 Å². The molecule has 0 aromatic carbocycles. The summed E-state index contributed by atoms with van der Waals surface area (Å²) in [5.74, 6) is 0. The first kappa shape index (κ1) is 151. The number of hydrogen-bond donors (Lipinski definition) is 0. The minimum atomic E-state index is 0. The molecule has 0 rings (SSSR count). The van der Waals surface area contributed by atoms with Crippen LogP contribution in [0, 0.1) is 0 Å². The second-order valence-electron chi connectivity index (χ2n) is 0. The van der Waals surface area contributed by atoms with Crippen molar-refractivity contribution >= 4 is 0 Å². The van der Waals surface area contributed by atoms with E-state index in [9.17, 15) is 0 Å². The van der Waals surface area contributed by atoms with E-state index in [1.165, 1.54) is 0 Å². The maximum Gasteiger partial charge on any atom is 2.00 e. The Morgan fingerprint density at radius 2 is 0.500 bits per heavy atom. The standard InChI is InChI=1S/Co.2Mn.3O/q3*+2;3*-2. The Labute approximate surface area is 67.3 Å². The third-order valence-electron chi connectivity index (χ3n) is 0. The SMILES string of the molecule is [Co+2].[Mn+2].[Mn+2].[O-2].[O-2].[O-2]. The van der Waals surface area contributed by atoms with Crippen LogP contribution in [-0.4, -0.2) is 0 Å². The van der Waals surface area contributed by atoms with E-state index < -0.39 is 0 Å². The first-order chi connectivity index (χ1) is 0. The second kappa shape index (κ2) is 93.1. The van der Waals surface area contributed by atoms with E-state index in [4.69, 9.17) is 0 Å². The fraction of sp³-hybridized carbons (Fsp3) is 0. The minimum Gasteiger partial charge on any atom is -2.00 e. The summed E-state index contributed by atoms with van der Waals surface area (Å²) in [5, 5.41) is 0. The third kappa shape index (κ3) is 52.3. The van der Waals surface area contributed by atoms with E-state index in [1.54, 1.807) is 0 Å². The first-order valence-corrected chi connectivity index (χ1v) is 0. The number of hydrogen-bond acceptors (Lipinski definition) is 0. The Bertz CT molecular complexity index is 8.75. The van der Waals surface area contributed by atoms with E-state index in [-0.39, 0.29) is 67.3 Å². The van der Waals surface area contributed by atoms with Crippen molar-refractivity contribution < 1.29 is 67.3 Å². The van der Waals surface area contributed by atoms with Crippen molar-refractivity contribution in [3.63, 3.8) is 0 Å². The topological polar surface area (TPSA) is 85.5 Å². The van der Waals surface area contributed by atoms with Gasteiger partial charge in [0.1, 0.15) is 0 Å². The van der Waals surface area contributed by atoms with Gasteiger partial charge < -0.3 is 16.4 Å². The zero-order valence-electron chi connectivity index (χ0n) is 2.31. The third-order valence-corrected chi connectivity index (χ3v) is 0. The molecule has 6 heteroatoms. The average Bonchev–Trinajstić information content (AvgIpc) is 0. The van der Waals surface area contributed by atoms with Gasteiger partial charge in [-0.2, -0.15) is 0 Å². The maximum absolute atomic E-state index is 0. The summed E-state index contributed by atoms with van der Waals surface area (Å²) in [7, 11) is 0. The Kier molecular flexibility index (Phi) is 2340. The summed E-state index contributed by atoms with van der Waals surface area (Å²) in [6, 6.07) is 0. The van der Waals surface area contributed by atoms with Gasteiger partial charge in [0.05, 0.1) is 0 Å². The van der Waals surface area contributed by atoms with Crippen LogP contribution in [0.4, 0.5) is 0 Å². The van der Waals surface area contributed by atoms with Crippen molar-refractivity contribution in [2.24, 2.45) is 0 Å². The van der Waals surface area contributed by atoms with Gasteiger partial charge in [-0.15, -0.1) is 0 Å². The van der Waals surface area contributed by atoms with Crippen molar-refractivity contribution in [2.45, 2.75) is 0 Å². The van der Waals surface area contributed by atoms with Gasteiger partial charge in [0, 0.05) is 0 Å². The van der Waals surface area contributed by atoms with Gasteiger partial charge in [0.25, 0.3) is 0 Å². The molecule has 0 N–H and O–H groups in total. The summed E-state index contributed by atoms with van der Waals surface area (Å²) >= 11 is 0. The molecular weight excluding hydrogens is 217 g/mol. The Balaban J connectivity index is 0. The monoisotopic (exact) mass is 217 g/mol. The molecule has 0 aliphatic heterocycles. The normalized spacial score (nSPS) is 0. The van der Waals surface area contributed by atoms with Crippen LogP contribution in [-0.2, 0) is 67.3 Å². The molecule has 0 saturated carbocycles. The van der Waals surface area contributed by atoms with Crippen molar-refractivity contribution in [3.05, 3.63) is 0 Å². The quantitative estimate of drug-likeness (QED) is 0.496. The zero-order chi connectivity index (χ0) is 0. The molecule has 6 heavy (non-hydrogen) atoms. The Morgan fingerprint density at radius 3 is 0.500 bits per heavy atom. The van der Waals surface area contributed by atoms with Crippen molar-refractivity contribution in [2.75, 3.05) is 0 Å². The largest absolute Gasteiger partial charge is 2.00 e. The molecule has 0 saturated heterocycles. The second-order valence-corrected chi connectivity index (χ2v) is 0. The fourth-order valence-electron chi connectivity index (χ4n) is 0. The van der Waals surface area contributed by atoms with Gasteiger partial charge in [-0.05, 0) is 0 Å². The Hall–Kier alpha value is 1.43. The van der Waals surface area contributed by atoms with Crippen LogP contribution in [0.2, 0.25) is 0 Å². The molecule has 41 valence electrons. The molecule has 3 radical (unpaired) electrons. The average molecular weight is 217 g/mol. The van der Waals surface area contributed by atoms with Crippen LogP contribution in [0.15, 0.2) is 0 Å². The van der Waals surface area contributed by atoms with Crippen LogP contribution in [0.3, 0.4) is 0 Å². The van der Waals surface area contributed by atoms with Gasteiger partial charge in [0.15, 0.2) is 0 Å². The van der Waals surface area contributed by atoms with Crippen LogP contribution in [0.5, 0.6) is 0 Å². The summed E-state index contributed by atoms with van der Waals surface area (Å²) in [6.45, 7) is 0.